The molecule has 0 aliphatic carbocycles. The van der Waals surface area contributed by atoms with Crippen LogP contribution in [0, 0.1) is 0 Å². The van der Waals surface area contributed by atoms with Crippen molar-refractivity contribution in [3.63, 3.8) is 0 Å². The summed E-state index contributed by atoms with van der Waals surface area (Å²) in [7, 11) is -0.735. The van der Waals surface area contributed by atoms with Gasteiger partial charge in [0, 0.05) is 7.26 Å². The van der Waals surface area contributed by atoms with Gasteiger partial charge in [-0.15, -0.1) is 0 Å². The van der Waals surface area contributed by atoms with Gasteiger partial charge in [0.25, 0.3) is 0 Å². The lowest BCUT2D eigenvalue weighted by atomic mass is 10.1. The van der Waals surface area contributed by atoms with E-state index in [-0.39, 0.29) is 0 Å². The Bertz CT molecular complexity index is 398. The molecule has 1 heteroatoms. The molecule has 0 atom stereocenters. The lowest BCUT2D eigenvalue weighted by Crippen LogP contribution is -2.13. The van der Waals surface area contributed by atoms with Crippen LogP contribution in [0.15, 0.2) is 0 Å². The minimum atomic E-state index is -0.735. The molecule has 0 rings (SSSR count). The summed E-state index contributed by atoms with van der Waals surface area (Å²) in [6.07, 6.45) is 54.1. The minimum absolute atomic E-state index is 0.735. The van der Waals surface area contributed by atoms with Gasteiger partial charge in [0.1, 0.15) is 0 Å². The third kappa shape index (κ3) is 30.2. The molecule has 0 aliphatic rings. The zero-order valence-electron chi connectivity index (χ0n) is 29.9. The zero-order valence-corrected chi connectivity index (χ0v) is 30.8. The van der Waals surface area contributed by atoms with Gasteiger partial charge in [0.2, 0.25) is 0 Å². The first-order valence-corrected chi connectivity index (χ1v) is 22.6. The summed E-state index contributed by atoms with van der Waals surface area (Å²) in [6, 6.07) is 0. The summed E-state index contributed by atoms with van der Waals surface area (Å²) in [5, 5.41) is 0. The lowest BCUT2D eigenvalue weighted by molar-refractivity contribution is 0.559. The van der Waals surface area contributed by atoms with Crippen LogP contribution in [0.1, 0.15) is 233 Å². The smallest absolute Gasteiger partial charge is 0.0594 e. The van der Waals surface area contributed by atoms with Gasteiger partial charge in [0.05, 0.1) is 24.6 Å². The molecule has 0 saturated carbocycles. The summed E-state index contributed by atoms with van der Waals surface area (Å²) >= 11 is 0. The molecule has 0 saturated heterocycles. The Morgan fingerprint density at radius 1 is 0.195 bits per heavy atom. The van der Waals surface area contributed by atoms with Crippen molar-refractivity contribution in [2.24, 2.45) is 0 Å². The monoisotopic (exact) mass is 596 g/mol. The molecular weight excluding hydrogens is 511 g/mol. The molecule has 0 aromatic carbocycles. The number of unbranched alkanes of at least 4 members (excludes halogenated alkanes) is 28. The van der Waals surface area contributed by atoms with Crippen LogP contribution in [0.2, 0.25) is 0 Å². The molecule has 0 spiro atoms. The van der Waals surface area contributed by atoms with Gasteiger partial charge in [-0.2, -0.15) is 0 Å². The van der Waals surface area contributed by atoms with Crippen molar-refractivity contribution in [3.05, 3.63) is 0 Å². The molecule has 0 aliphatic heterocycles. The van der Waals surface area contributed by atoms with Crippen molar-refractivity contribution in [2.75, 3.05) is 24.6 Å². The molecule has 0 fully saturated rings. The summed E-state index contributed by atoms with van der Waals surface area (Å²) in [4.78, 5) is 0. The molecule has 41 heavy (non-hydrogen) atoms. The fourth-order valence-corrected chi connectivity index (χ4v) is 12.0. The fraction of sp³-hybridized carbons (Fsp3) is 1.00. The van der Waals surface area contributed by atoms with E-state index in [0.717, 1.165) is 0 Å². The Hall–Kier alpha value is 0.430. The molecule has 248 valence electrons. The normalized spacial score (nSPS) is 12.0. The van der Waals surface area contributed by atoms with Crippen molar-refractivity contribution in [3.8, 4) is 0 Å². The average Bonchev–Trinajstić information content (AvgIpc) is 2.98. The number of hydrogen-bond donors (Lipinski definition) is 0. The Labute approximate surface area is 264 Å². The molecule has 0 amide bonds. The molecule has 0 heterocycles. The summed E-state index contributed by atoms with van der Waals surface area (Å²) in [5.41, 5.74) is 0. The van der Waals surface area contributed by atoms with Gasteiger partial charge in [-0.1, -0.05) is 188 Å². The Kier molecular flexibility index (Phi) is 35.3. The van der Waals surface area contributed by atoms with Crippen LogP contribution in [0.4, 0.5) is 0 Å². The van der Waals surface area contributed by atoms with Crippen LogP contribution < -0.4 is 0 Å². The van der Waals surface area contributed by atoms with Crippen molar-refractivity contribution < 1.29 is 0 Å². The molecular formula is C40H84P+. The van der Waals surface area contributed by atoms with Crippen LogP contribution in [-0.4, -0.2) is 24.6 Å². The van der Waals surface area contributed by atoms with Gasteiger partial charge in [-0.05, 0) is 44.9 Å². The predicted octanol–water partition coefficient (Wildman–Crippen LogP) is 15.6. The largest absolute Gasteiger partial charge is 0.0654 e. The van der Waals surface area contributed by atoms with E-state index in [1.807, 2.05) is 0 Å². The number of hydrogen-bond acceptors (Lipinski definition) is 0. The second kappa shape index (κ2) is 34.9. The van der Waals surface area contributed by atoms with Gasteiger partial charge in [-0.3, -0.25) is 0 Å². The second-order valence-corrected chi connectivity index (χ2v) is 18.6. The molecule has 0 radical (unpaired) electrons. The third-order valence-electron chi connectivity index (χ3n) is 9.94. The van der Waals surface area contributed by atoms with E-state index >= 15 is 0 Å². The van der Waals surface area contributed by atoms with E-state index < -0.39 is 7.26 Å². The molecule has 0 unspecified atom stereocenters. The highest BCUT2D eigenvalue weighted by Crippen LogP contribution is 2.61. The average molecular weight is 596 g/mol. The highest BCUT2D eigenvalue weighted by atomic mass is 31.2. The van der Waals surface area contributed by atoms with Gasteiger partial charge in [0.15, 0.2) is 0 Å². The quantitative estimate of drug-likeness (QED) is 0.0499. The van der Waals surface area contributed by atoms with E-state index in [4.69, 9.17) is 0 Å². The van der Waals surface area contributed by atoms with E-state index in [0.29, 0.717) is 0 Å². The Balaban J connectivity index is 4.47. The maximum atomic E-state index is 2.44. The van der Waals surface area contributed by atoms with Crippen LogP contribution in [0.3, 0.4) is 0 Å². The molecule has 0 nitrogen and oxygen atoms in total. The van der Waals surface area contributed by atoms with Crippen LogP contribution in [0.25, 0.3) is 0 Å². The van der Waals surface area contributed by atoms with Crippen molar-refractivity contribution in [1.82, 2.24) is 0 Å². The Morgan fingerprint density at radius 3 is 0.585 bits per heavy atom. The van der Waals surface area contributed by atoms with E-state index in [1.165, 1.54) is 186 Å². The second-order valence-electron chi connectivity index (χ2n) is 14.1. The summed E-state index contributed by atoms with van der Waals surface area (Å²) in [6.45, 7) is 9.43. The standard InChI is InChI=1S/C40H84P/c1-5-9-13-16-19-22-25-28-31-34-38-41(37-12-8-4,39-35-32-29-26-23-20-17-14-10-6-2)40-36-33-30-27-24-21-18-15-11-7-3/h5-40H2,1-4H3/q+1. The first-order chi connectivity index (χ1) is 20.2. The van der Waals surface area contributed by atoms with Crippen LogP contribution in [-0.2, 0) is 0 Å². The van der Waals surface area contributed by atoms with Gasteiger partial charge >= 0.3 is 0 Å². The van der Waals surface area contributed by atoms with Crippen molar-refractivity contribution in [2.45, 2.75) is 233 Å². The van der Waals surface area contributed by atoms with Crippen molar-refractivity contribution >= 4 is 7.26 Å². The van der Waals surface area contributed by atoms with Crippen LogP contribution >= 0.6 is 7.26 Å². The molecule has 0 N–H and O–H groups in total. The molecule has 0 bridgehead atoms. The van der Waals surface area contributed by atoms with E-state index in [1.54, 1.807) is 43.9 Å². The highest BCUT2D eigenvalue weighted by molar-refractivity contribution is 7.75. The maximum absolute atomic E-state index is 2.44. The van der Waals surface area contributed by atoms with Crippen LogP contribution in [0.5, 0.6) is 0 Å². The fourth-order valence-electron chi connectivity index (χ4n) is 6.97. The van der Waals surface area contributed by atoms with Gasteiger partial charge in [-0.25, -0.2) is 0 Å². The lowest BCUT2D eigenvalue weighted by Gasteiger charge is -2.28. The summed E-state index contributed by atoms with van der Waals surface area (Å²) < 4.78 is 0. The van der Waals surface area contributed by atoms with Gasteiger partial charge < -0.3 is 0 Å². The number of rotatable bonds is 36. The molecule has 0 aromatic rings. The first-order valence-electron chi connectivity index (χ1n) is 20.1. The summed E-state index contributed by atoms with van der Waals surface area (Å²) in [5.74, 6) is 0. The highest BCUT2D eigenvalue weighted by Gasteiger charge is 2.34. The third-order valence-corrected chi connectivity index (χ3v) is 15.0. The van der Waals surface area contributed by atoms with E-state index in [9.17, 15) is 0 Å². The zero-order chi connectivity index (χ0) is 30.0. The van der Waals surface area contributed by atoms with Crippen molar-refractivity contribution in [1.29, 1.82) is 0 Å². The van der Waals surface area contributed by atoms with E-state index in [2.05, 4.69) is 27.7 Å². The minimum Gasteiger partial charge on any atom is -0.0654 e. The first kappa shape index (κ1) is 41.4. The topological polar surface area (TPSA) is 0 Å². The molecule has 0 aromatic heterocycles. The Morgan fingerprint density at radius 2 is 0.366 bits per heavy atom. The SMILES string of the molecule is CCCCCCCCCCCC[P+](CCCC)(CCCCCCCCCCCC)CCCCCCCCCCCC. The predicted molar refractivity (Wildman–Crippen MR) is 197 cm³/mol. The maximum Gasteiger partial charge on any atom is 0.0594 e.